The van der Waals surface area contributed by atoms with Crippen molar-refractivity contribution in [1.82, 2.24) is 0 Å². The van der Waals surface area contributed by atoms with Crippen LogP contribution in [0.3, 0.4) is 0 Å². The summed E-state index contributed by atoms with van der Waals surface area (Å²) in [6.07, 6.45) is 5.48. The van der Waals surface area contributed by atoms with Gasteiger partial charge in [0.15, 0.2) is 0 Å². The number of hydrogen-bond acceptors (Lipinski definition) is 1. The van der Waals surface area contributed by atoms with Crippen molar-refractivity contribution in [2.75, 3.05) is 4.43 Å². The first kappa shape index (κ1) is 13.9. The lowest BCUT2D eigenvalue weighted by Gasteiger charge is -1.97. The van der Waals surface area contributed by atoms with Crippen molar-refractivity contribution in [2.24, 2.45) is 0 Å². The second-order valence-electron chi connectivity index (χ2n) is 3.67. The summed E-state index contributed by atoms with van der Waals surface area (Å²) in [5.41, 5.74) is 1.20. The van der Waals surface area contributed by atoms with Gasteiger partial charge in [-0.05, 0) is 42.7 Å². The van der Waals surface area contributed by atoms with Gasteiger partial charge in [-0.15, -0.1) is 0 Å². The highest BCUT2D eigenvalue weighted by Gasteiger charge is 1.97. The normalized spacial score (nSPS) is 13.1. The van der Waals surface area contributed by atoms with E-state index in [1.807, 2.05) is 37.3 Å². The van der Waals surface area contributed by atoms with Gasteiger partial charge in [0.05, 0.1) is 10.8 Å². The summed E-state index contributed by atoms with van der Waals surface area (Å²) in [4.78, 5) is 0.885. The van der Waals surface area contributed by atoms with Crippen LogP contribution in [-0.2, 0) is 10.8 Å². The maximum absolute atomic E-state index is 11.8. The molecule has 0 aliphatic carbocycles. The minimum Gasteiger partial charge on any atom is -0.250 e. The fraction of sp³-hybridized carbons (Fsp3) is 0.385. The standard InChI is InChI=1S/C13H17IOS/c1-12-6-8-13(9-7-12)16(15)11-5-3-2-4-10-14/h5-9,11H,2-4,10H2,1H3/b11-5+/t16-/m1/s1. The first-order valence-corrected chi connectivity index (χ1v) is 8.18. The third kappa shape index (κ3) is 5.25. The summed E-state index contributed by atoms with van der Waals surface area (Å²) in [6, 6.07) is 7.86. The van der Waals surface area contributed by atoms with Crippen LogP contribution in [0.1, 0.15) is 24.8 Å². The molecule has 0 spiro atoms. The van der Waals surface area contributed by atoms with E-state index in [1.165, 1.54) is 22.8 Å². The van der Waals surface area contributed by atoms with E-state index in [0.717, 1.165) is 11.3 Å². The lowest BCUT2D eigenvalue weighted by molar-refractivity contribution is 0.688. The highest BCUT2D eigenvalue weighted by atomic mass is 127. The number of allylic oxidation sites excluding steroid dienone is 1. The molecule has 0 unspecified atom stereocenters. The smallest absolute Gasteiger partial charge is 0.0772 e. The minimum atomic E-state index is -0.980. The van der Waals surface area contributed by atoms with E-state index in [0.29, 0.717) is 0 Å². The zero-order chi connectivity index (χ0) is 11.8. The predicted molar refractivity (Wildman–Crippen MR) is 79.5 cm³/mol. The molecule has 0 N–H and O–H groups in total. The van der Waals surface area contributed by atoms with Crippen LogP contribution in [0.5, 0.6) is 0 Å². The average Bonchev–Trinajstić information content (AvgIpc) is 2.29. The van der Waals surface area contributed by atoms with Gasteiger partial charge in [0, 0.05) is 10.3 Å². The number of halogens is 1. The van der Waals surface area contributed by atoms with Crippen LogP contribution in [0.15, 0.2) is 40.6 Å². The molecule has 0 heterocycles. The molecule has 0 amide bonds. The van der Waals surface area contributed by atoms with E-state index in [4.69, 9.17) is 0 Å². The lowest BCUT2D eigenvalue weighted by Crippen LogP contribution is -1.86. The van der Waals surface area contributed by atoms with E-state index in [1.54, 1.807) is 5.41 Å². The van der Waals surface area contributed by atoms with E-state index in [9.17, 15) is 4.21 Å². The summed E-state index contributed by atoms with van der Waals surface area (Å²) in [5.74, 6) is 0. The maximum atomic E-state index is 11.8. The van der Waals surface area contributed by atoms with Crippen molar-refractivity contribution in [3.05, 3.63) is 41.3 Å². The van der Waals surface area contributed by atoms with Gasteiger partial charge in [-0.3, -0.25) is 0 Å². The SMILES string of the molecule is Cc1ccc([S@](=O)/C=C/CCCCI)cc1. The molecule has 0 aromatic heterocycles. The summed E-state index contributed by atoms with van der Waals surface area (Å²) in [7, 11) is -0.980. The fourth-order valence-electron chi connectivity index (χ4n) is 1.26. The average molecular weight is 348 g/mol. The number of rotatable bonds is 6. The Balaban J connectivity index is 2.43. The van der Waals surface area contributed by atoms with Gasteiger partial charge >= 0.3 is 0 Å². The molecule has 16 heavy (non-hydrogen) atoms. The number of benzene rings is 1. The first-order chi connectivity index (χ1) is 7.74. The topological polar surface area (TPSA) is 17.1 Å². The van der Waals surface area contributed by atoms with Gasteiger partial charge in [0.25, 0.3) is 0 Å². The molecule has 3 heteroatoms. The molecule has 0 saturated carbocycles. The van der Waals surface area contributed by atoms with Crippen molar-refractivity contribution in [2.45, 2.75) is 31.1 Å². The molecule has 0 bridgehead atoms. The van der Waals surface area contributed by atoms with Crippen LogP contribution < -0.4 is 0 Å². The van der Waals surface area contributed by atoms with Gasteiger partial charge in [0.1, 0.15) is 0 Å². The Bertz CT molecular complexity index is 357. The fourth-order valence-corrected chi connectivity index (χ4v) is 2.67. The third-order valence-electron chi connectivity index (χ3n) is 2.23. The molecule has 1 atom stereocenters. The Kier molecular flexibility index (Phi) is 6.96. The van der Waals surface area contributed by atoms with Crippen molar-refractivity contribution in [1.29, 1.82) is 0 Å². The Morgan fingerprint density at radius 3 is 2.56 bits per heavy atom. The van der Waals surface area contributed by atoms with E-state index in [-0.39, 0.29) is 0 Å². The van der Waals surface area contributed by atoms with Crippen molar-refractivity contribution >= 4 is 33.4 Å². The zero-order valence-electron chi connectivity index (χ0n) is 9.49. The molecule has 0 saturated heterocycles. The molecular formula is C13H17IOS. The maximum Gasteiger partial charge on any atom is 0.0772 e. The van der Waals surface area contributed by atoms with Crippen molar-refractivity contribution in [3.8, 4) is 0 Å². The summed E-state index contributed by atoms with van der Waals surface area (Å²) in [5, 5.41) is 1.80. The number of alkyl halides is 1. The van der Waals surface area contributed by atoms with Crippen LogP contribution in [0.2, 0.25) is 0 Å². The largest absolute Gasteiger partial charge is 0.250 e. The molecule has 1 rings (SSSR count). The lowest BCUT2D eigenvalue weighted by atomic mass is 10.2. The number of aryl methyl sites for hydroxylation is 1. The second kappa shape index (κ2) is 8.01. The van der Waals surface area contributed by atoms with Crippen LogP contribution in [-0.4, -0.2) is 8.64 Å². The third-order valence-corrected chi connectivity index (χ3v) is 4.17. The van der Waals surface area contributed by atoms with Crippen LogP contribution in [0.4, 0.5) is 0 Å². The molecule has 1 aromatic carbocycles. The molecule has 0 aliphatic rings. The van der Waals surface area contributed by atoms with Gasteiger partial charge in [-0.25, -0.2) is 4.21 Å². The van der Waals surface area contributed by atoms with Gasteiger partial charge in [-0.2, -0.15) is 0 Å². The van der Waals surface area contributed by atoms with Crippen molar-refractivity contribution < 1.29 is 4.21 Å². The number of hydrogen-bond donors (Lipinski definition) is 0. The van der Waals surface area contributed by atoms with Gasteiger partial charge in [0.2, 0.25) is 0 Å². The summed E-state index contributed by atoms with van der Waals surface area (Å²) in [6.45, 7) is 2.03. The molecule has 1 aromatic rings. The number of unbranched alkanes of at least 4 members (excludes halogenated alkanes) is 2. The Labute approximate surface area is 114 Å². The highest BCUT2D eigenvalue weighted by molar-refractivity contribution is 14.1. The van der Waals surface area contributed by atoms with E-state index >= 15 is 0 Å². The summed E-state index contributed by atoms with van der Waals surface area (Å²) < 4.78 is 13.0. The Hall–Kier alpha value is -0.160. The molecule has 0 aliphatic heterocycles. The first-order valence-electron chi connectivity index (χ1n) is 5.44. The summed E-state index contributed by atoms with van der Waals surface area (Å²) >= 11 is 2.38. The molecule has 88 valence electrons. The highest BCUT2D eigenvalue weighted by Crippen LogP contribution is 2.10. The van der Waals surface area contributed by atoms with Gasteiger partial charge < -0.3 is 0 Å². The monoisotopic (exact) mass is 348 g/mol. The van der Waals surface area contributed by atoms with E-state index < -0.39 is 10.8 Å². The Morgan fingerprint density at radius 2 is 1.94 bits per heavy atom. The zero-order valence-corrected chi connectivity index (χ0v) is 12.5. The molecular weight excluding hydrogens is 331 g/mol. The molecule has 1 nitrogen and oxygen atoms in total. The quantitative estimate of drug-likeness (QED) is 0.427. The molecule has 0 radical (unpaired) electrons. The van der Waals surface area contributed by atoms with Crippen LogP contribution in [0, 0.1) is 6.92 Å². The second-order valence-corrected chi connectivity index (χ2v) is 6.08. The van der Waals surface area contributed by atoms with Crippen LogP contribution in [0.25, 0.3) is 0 Å². The van der Waals surface area contributed by atoms with E-state index in [2.05, 4.69) is 22.6 Å². The van der Waals surface area contributed by atoms with Crippen LogP contribution >= 0.6 is 22.6 Å². The predicted octanol–water partition coefficient (Wildman–Crippen LogP) is 4.22. The Morgan fingerprint density at radius 1 is 1.25 bits per heavy atom. The van der Waals surface area contributed by atoms with Crippen molar-refractivity contribution in [3.63, 3.8) is 0 Å². The molecule has 0 fully saturated rings. The van der Waals surface area contributed by atoms with Gasteiger partial charge in [-0.1, -0.05) is 46.4 Å². The minimum absolute atomic E-state index is 0.885.